The van der Waals surface area contributed by atoms with Crippen molar-refractivity contribution in [1.29, 1.82) is 0 Å². The van der Waals surface area contributed by atoms with Crippen molar-refractivity contribution in [2.75, 3.05) is 13.1 Å². The highest BCUT2D eigenvalue weighted by Gasteiger charge is 2.51. The number of halogens is 2. The number of ether oxygens (including phenoxy) is 1. The fraction of sp³-hybridized carbons (Fsp3) is 0.700. The first-order chi connectivity index (χ1) is 12.8. The largest absolute Gasteiger partial charge is 0.474 e. The van der Waals surface area contributed by atoms with Crippen molar-refractivity contribution in [2.45, 2.75) is 63.6 Å². The molecule has 2 heterocycles. The number of nitrogens with zero attached hydrogens (tertiary/aromatic N) is 2. The van der Waals surface area contributed by atoms with E-state index in [0.29, 0.717) is 18.7 Å². The van der Waals surface area contributed by atoms with Crippen LogP contribution in [0, 0.1) is 11.3 Å². The summed E-state index contributed by atoms with van der Waals surface area (Å²) in [6.45, 7) is 3.39. The normalized spacial score (nSPS) is 30.1. The molecule has 0 bridgehead atoms. The van der Waals surface area contributed by atoms with Gasteiger partial charge in [0.25, 0.3) is 6.43 Å². The number of amides is 1. The lowest BCUT2D eigenvalue weighted by Gasteiger charge is -2.55. The molecule has 0 radical (unpaired) electrons. The summed E-state index contributed by atoms with van der Waals surface area (Å²) in [6.07, 6.45) is 3.61. The molecule has 27 heavy (non-hydrogen) atoms. The highest BCUT2D eigenvalue weighted by molar-refractivity contribution is 5.81. The third-order valence-corrected chi connectivity index (χ3v) is 6.38. The Bertz CT molecular complexity index is 684. The molecule has 0 aromatic carbocycles. The summed E-state index contributed by atoms with van der Waals surface area (Å²) < 4.78 is 31.0. The molecule has 5 nitrogen and oxygen atoms in total. The maximum absolute atomic E-state index is 12.6. The second kappa shape index (κ2) is 6.69. The average molecular weight is 380 g/mol. The lowest BCUT2D eigenvalue weighted by molar-refractivity contribution is -0.164. The standard InChI is InChI=1S/C20H26F2N2O3/c1-19(26)8-14(9-19)18(25)24-11-20(12-24)6-4-15(5-7-20)27-16-3-2-13(10-23-16)17(21)22/h2-3,10,14-15,17,26H,4-9,11-12H2,1H3. The summed E-state index contributed by atoms with van der Waals surface area (Å²) >= 11 is 0. The molecule has 7 heteroatoms. The predicted octanol–water partition coefficient (Wildman–Crippen LogP) is 3.33. The summed E-state index contributed by atoms with van der Waals surface area (Å²) in [4.78, 5) is 18.3. The van der Waals surface area contributed by atoms with Gasteiger partial charge in [-0.25, -0.2) is 13.8 Å². The second-order valence-corrected chi connectivity index (χ2v) is 8.84. The molecule has 1 spiro atoms. The summed E-state index contributed by atoms with van der Waals surface area (Å²) in [7, 11) is 0. The number of aromatic nitrogens is 1. The number of pyridine rings is 1. The van der Waals surface area contributed by atoms with E-state index in [1.807, 2.05) is 4.90 Å². The van der Waals surface area contributed by atoms with Crippen molar-refractivity contribution < 1.29 is 23.4 Å². The Labute approximate surface area is 157 Å². The number of rotatable bonds is 4. The molecule has 1 aromatic rings. The Morgan fingerprint density at radius 3 is 2.48 bits per heavy atom. The van der Waals surface area contributed by atoms with E-state index >= 15 is 0 Å². The van der Waals surface area contributed by atoms with Gasteiger partial charge in [0.2, 0.25) is 11.8 Å². The summed E-state index contributed by atoms with van der Waals surface area (Å²) in [6, 6.07) is 2.85. The Balaban J connectivity index is 1.22. The number of hydrogen-bond acceptors (Lipinski definition) is 4. The van der Waals surface area contributed by atoms with Gasteiger partial charge in [-0.2, -0.15) is 0 Å². The summed E-state index contributed by atoms with van der Waals surface area (Å²) in [5, 5.41) is 9.81. The molecule has 2 aliphatic carbocycles. The van der Waals surface area contributed by atoms with Crippen LogP contribution in [0.3, 0.4) is 0 Å². The summed E-state index contributed by atoms with van der Waals surface area (Å²) in [5.74, 6) is 0.566. The fourth-order valence-corrected chi connectivity index (χ4v) is 4.75. The Morgan fingerprint density at radius 1 is 1.30 bits per heavy atom. The van der Waals surface area contributed by atoms with Crippen LogP contribution in [-0.2, 0) is 4.79 Å². The van der Waals surface area contributed by atoms with Crippen molar-refractivity contribution in [1.82, 2.24) is 9.88 Å². The number of carbonyl (C=O) groups is 1. The SMILES string of the molecule is CC1(O)CC(C(=O)N2CC3(CCC(Oc4ccc(C(F)F)cn4)CC3)C2)C1. The zero-order valence-electron chi connectivity index (χ0n) is 15.5. The van der Waals surface area contributed by atoms with Gasteiger partial charge in [-0.1, -0.05) is 0 Å². The van der Waals surface area contributed by atoms with Gasteiger partial charge in [0.15, 0.2) is 0 Å². The minimum atomic E-state index is -2.52. The maximum atomic E-state index is 12.6. The first-order valence-electron chi connectivity index (χ1n) is 9.67. The van der Waals surface area contributed by atoms with Crippen molar-refractivity contribution >= 4 is 5.91 Å². The molecular formula is C20H26F2N2O3. The molecular weight excluding hydrogens is 354 g/mol. The van der Waals surface area contributed by atoms with Crippen molar-refractivity contribution in [3.05, 3.63) is 23.9 Å². The molecule has 4 rings (SSSR count). The third-order valence-electron chi connectivity index (χ3n) is 6.38. The van der Waals surface area contributed by atoms with Crippen molar-refractivity contribution in [3.8, 4) is 5.88 Å². The van der Waals surface area contributed by atoms with Gasteiger partial charge in [-0.15, -0.1) is 0 Å². The van der Waals surface area contributed by atoms with Gasteiger partial charge in [0.1, 0.15) is 6.10 Å². The molecule has 0 unspecified atom stereocenters. The van der Waals surface area contributed by atoms with E-state index in [2.05, 4.69) is 4.98 Å². The van der Waals surface area contributed by atoms with Crippen LogP contribution in [0.2, 0.25) is 0 Å². The first-order valence-corrected chi connectivity index (χ1v) is 9.67. The highest BCUT2D eigenvalue weighted by atomic mass is 19.3. The van der Waals surface area contributed by atoms with E-state index < -0.39 is 12.0 Å². The quantitative estimate of drug-likeness (QED) is 0.870. The van der Waals surface area contributed by atoms with Crippen LogP contribution >= 0.6 is 0 Å². The van der Waals surface area contributed by atoms with E-state index in [4.69, 9.17) is 4.74 Å². The monoisotopic (exact) mass is 380 g/mol. The molecule has 0 atom stereocenters. The van der Waals surface area contributed by atoms with Crippen LogP contribution in [0.4, 0.5) is 8.78 Å². The minimum Gasteiger partial charge on any atom is -0.474 e. The molecule has 148 valence electrons. The zero-order valence-corrected chi connectivity index (χ0v) is 15.5. The van der Waals surface area contributed by atoms with E-state index in [-0.39, 0.29) is 28.9 Å². The Morgan fingerprint density at radius 2 is 1.96 bits per heavy atom. The molecule has 3 aliphatic rings. The maximum Gasteiger partial charge on any atom is 0.265 e. The van der Waals surface area contributed by atoms with Gasteiger partial charge in [0.05, 0.1) is 5.60 Å². The molecule has 1 amide bonds. The number of hydrogen-bond donors (Lipinski definition) is 1. The first kappa shape index (κ1) is 18.6. The molecule has 3 fully saturated rings. The minimum absolute atomic E-state index is 0.0145. The van der Waals surface area contributed by atoms with E-state index in [9.17, 15) is 18.7 Å². The topological polar surface area (TPSA) is 62.7 Å². The van der Waals surface area contributed by atoms with Crippen molar-refractivity contribution in [2.24, 2.45) is 11.3 Å². The molecule has 1 N–H and O–H groups in total. The van der Waals surface area contributed by atoms with Gasteiger partial charge in [-0.3, -0.25) is 4.79 Å². The lowest BCUT2D eigenvalue weighted by atomic mass is 9.66. The van der Waals surface area contributed by atoms with Gasteiger partial charge >= 0.3 is 0 Å². The van der Waals surface area contributed by atoms with E-state index in [1.165, 1.54) is 12.1 Å². The fourth-order valence-electron chi connectivity index (χ4n) is 4.75. The number of alkyl halides is 2. The lowest BCUT2D eigenvalue weighted by Crippen LogP contribution is -2.63. The van der Waals surface area contributed by atoms with Crippen LogP contribution in [-0.4, -0.2) is 45.7 Å². The number of aliphatic hydroxyl groups is 1. The van der Waals surface area contributed by atoms with E-state index in [1.54, 1.807) is 6.92 Å². The molecule has 1 saturated heterocycles. The van der Waals surface area contributed by atoms with Crippen LogP contribution in [0.15, 0.2) is 18.3 Å². The van der Waals surface area contributed by atoms with Crippen LogP contribution in [0.1, 0.15) is 57.4 Å². The van der Waals surface area contributed by atoms with Gasteiger partial charge < -0.3 is 14.7 Å². The Hall–Kier alpha value is -1.76. The van der Waals surface area contributed by atoms with Gasteiger partial charge in [0, 0.05) is 42.2 Å². The van der Waals surface area contributed by atoms with Crippen LogP contribution < -0.4 is 4.74 Å². The molecule has 1 aromatic heterocycles. The number of carbonyl (C=O) groups excluding carboxylic acids is 1. The highest BCUT2D eigenvalue weighted by Crippen LogP contribution is 2.47. The van der Waals surface area contributed by atoms with Crippen LogP contribution in [0.25, 0.3) is 0 Å². The average Bonchev–Trinajstić information content (AvgIpc) is 2.58. The number of likely N-dealkylation sites (tertiary alicyclic amines) is 1. The predicted molar refractivity (Wildman–Crippen MR) is 94.4 cm³/mol. The Kier molecular flexibility index (Phi) is 4.61. The van der Waals surface area contributed by atoms with Crippen LogP contribution in [0.5, 0.6) is 5.88 Å². The molecule has 2 saturated carbocycles. The van der Waals surface area contributed by atoms with Gasteiger partial charge in [-0.05, 0) is 51.5 Å². The smallest absolute Gasteiger partial charge is 0.265 e. The van der Waals surface area contributed by atoms with E-state index in [0.717, 1.165) is 45.0 Å². The third kappa shape index (κ3) is 3.79. The zero-order chi connectivity index (χ0) is 19.2. The summed E-state index contributed by atoms with van der Waals surface area (Å²) in [5.41, 5.74) is -0.564. The second-order valence-electron chi connectivity index (χ2n) is 8.84. The van der Waals surface area contributed by atoms with Crippen molar-refractivity contribution in [3.63, 3.8) is 0 Å². The molecule has 1 aliphatic heterocycles.